The van der Waals surface area contributed by atoms with Crippen molar-refractivity contribution in [2.75, 3.05) is 14.2 Å². The molecule has 0 saturated heterocycles. The lowest BCUT2D eigenvalue weighted by Gasteiger charge is -2.08. The van der Waals surface area contributed by atoms with E-state index in [4.69, 9.17) is 9.47 Å². The zero-order valence-corrected chi connectivity index (χ0v) is 13.8. The van der Waals surface area contributed by atoms with E-state index in [-0.39, 0.29) is 35.7 Å². The Balaban J connectivity index is 2.32. The Bertz CT molecular complexity index is 670. The predicted octanol–water partition coefficient (Wildman–Crippen LogP) is 2.90. The maximum atomic E-state index is 12.3. The third-order valence-electron chi connectivity index (χ3n) is 3.46. The zero-order chi connectivity index (χ0) is 16.3. The van der Waals surface area contributed by atoms with Crippen molar-refractivity contribution < 1.29 is 19.1 Å². The molecule has 7 heteroatoms. The van der Waals surface area contributed by atoms with Crippen LogP contribution < -0.4 is 9.47 Å². The first-order chi connectivity index (χ1) is 10.5. The number of nitrogens with zero attached hydrogens (tertiary/aromatic N) is 2. The van der Waals surface area contributed by atoms with Crippen molar-refractivity contribution in [2.45, 2.75) is 26.7 Å². The highest BCUT2D eigenvalue weighted by atomic mass is 32.1. The van der Waals surface area contributed by atoms with Crippen molar-refractivity contribution in [3.63, 3.8) is 0 Å². The molecule has 22 heavy (non-hydrogen) atoms. The molecule has 1 unspecified atom stereocenters. The Morgan fingerprint density at radius 3 is 2.41 bits per heavy atom. The summed E-state index contributed by atoms with van der Waals surface area (Å²) in [6.45, 7) is 3.42. The molecule has 1 atom stereocenters. The first-order valence-corrected chi connectivity index (χ1v) is 7.75. The van der Waals surface area contributed by atoms with Crippen molar-refractivity contribution in [1.29, 1.82) is 0 Å². The number of fused-ring (bicyclic) bond motifs is 1. The number of hydrogen-bond acceptors (Lipinski definition) is 7. The van der Waals surface area contributed by atoms with Gasteiger partial charge < -0.3 is 9.47 Å². The smallest absolute Gasteiger partial charge is 0.279 e. The van der Waals surface area contributed by atoms with Crippen molar-refractivity contribution >= 4 is 33.3 Å². The van der Waals surface area contributed by atoms with Gasteiger partial charge in [-0.25, -0.2) is 4.98 Å². The quantitative estimate of drug-likeness (QED) is 0.729. The number of Topliss-reactive ketones (excluding diaryl/α,β-unsaturated/α-hetero) is 2. The minimum Gasteiger partial charge on any atom is -0.477 e. The number of hydrogen-bond donors (Lipinski definition) is 0. The van der Waals surface area contributed by atoms with Gasteiger partial charge in [0.15, 0.2) is 5.78 Å². The Labute approximate surface area is 132 Å². The fourth-order valence-corrected chi connectivity index (χ4v) is 3.05. The highest BCUT2D eigenvalue weighted by molar-refractivity contribution is 7.20. The average Bonchev–Trinajstić information content (AvgIpc) is 2.93. The maximum absolute atomic E-state index is 12.3. The number of carbonyl (C=O) groups excluding carboxylic acids is 2. The maximum Gasteiger partial charge on any atom is 0.279 e. The molecule has 2 aromatic rings. The van der Waals surface area contributed by atoms with Crippen LogP contribution in [0.2, 0.25) is 0 Å². The molecular formula is C15H18N2O4S. The lowest BCUT2D eigenvalue weighted by Crippen LogP contribution is -2.14. The van der Waals surface area contributed by atoms with Gasteiger partial charge in [-0.1, -0.05) is 6.92 Å². The summed E-state index contributed by atoms with van der Waals surface area (Å²) < 4.78 is 10.2. The van der Waals surface area contributed by atoms with E-state index in [1.165, 1.54) is 32.5 Å². The Morgan fingerprint density at radius 2 is 1.86 bits per heavy atom. The largest absolute Gasteiger partial charge is 0.477 e. The van der Waals surface area contributed by atoms with Gasteiger partial charge in [-0.15, -0.1) is 11.3 Å². The first kappa shape index (κ1) is 16.4. The molecule has 118 valence electrons. The van der Waals surface area contributed by atoms with Gasteiger partial charge in [0.25, 0.3) is 11.8 Å². The van der Waals surface area contributed by atoms with E-state index in [2.05, 4.69) is 9.97 Å². The number of ketones is 2. The van der Waals surface area contributed by atoms with Gasteiger partial charge in [0, 0.05) is 12.3 Å². The molecule has 0 N–H and O–H groups in total. The number of ether oxygens (including phenoxy) is 2. The van der Waals surface area contributed by atoms with Crippen LogP contribution in [0.3, 0.4) is 0 Å². The molecule has 0 aliphatic rings. The second-order valence-corrected chi connectivity index (χ2v) is 5.92. The highest BCUT2D eigenvalue weighted by Crippen LogP contribution is 2.31. The summed E-state index contributed by atoms with van der Waals surface area (Å²) >= 11 is 1.25. The third kappa shape index (κ3) is 3.24. The van der Waals surface area contributed by atoms with E-state index in [1.807, 2.05) is 6.92 Å². The van der Waals surface area contributed by atoms with Gasteiger partial charge in [0.2, 0.25) is 0 Å². The van der Waals surface area contributed by atoms with Crippen molar-refractivity contribution in [1.82, 2.24) is 9.97 Å². The summed E-state index contributed by atoms with van der Waals surface area (Å²) in [5, 5.41) is 0. The number of rotatable bonds is 7. The van der Waals surface area contributed by atoms with E-state index in [9.17, 15) is 9.59 Å². The van der Waals surface area contributed by atoms with Crippen LogP contribution >= 0.6 is 11.3 Å². The van der Waals surface area contributed by atoms with Crippen LogP contribution in [-0.4, -0.2) is 35.8 Å². The summed E-state index contributed by atoms with van der Waals surface area (Å²) in [5.74, 6) is 0.303. The third-order valence-corrected chi connectivity index (χ3v) is 4.52. The van der Waals surface area contributed by atoms with Gasteiger partial charge in [-0.05, 0) is 19.4 Å². The van der Waals surface area contributed by atoms with E-state index in [1.54, 1.807) is 6.07 Å². The summed E-state index contributed by atoms with van der Waals surface area (Å²) in [6, 6.07) is 1.68. The van der Waals surface area contributed by atoms with Gasteiger partial charge in [0.1, 0.15) is 16.1 Å². The number of aromatic nitrogens is 2. The van der Waals surface area contributed by atoms with Crippen LogP contribution in [0, 0.1) is 5.92 Å². The SMILES string of the molecule is CCC(CC(=O)c1cc2nc(OC)c(OC)nc2s1)C(C)=O. The monoisotopic (exact) mass is 322 g/mol. The van der Waals surface area contributed by atoms with Crippen molar-refractivity contribution in [3.05, 3.63) is 10.9 Å². The van der Waals surface area contributed by atoms with Crippen LogP contribution in [0.4, 0.5) is 0 Å². The molecule has 0 amide bonds. The molecule has 0 aromatic carbocycles. The summed E-state index contributed by atoms with van der Waals surface area (Å²) in [4.78, 5) is 33.5. The van der Waals surface area contributed by atoms with Crippen LogP contribution in [-0.2, 0) is 4.79 Å². The molecule has 0 fully saturated rings. The van der Waals surface area contributed by atoms with Gasteiger partial charge in [-0.3, -0.25) is 9.59 Å². The van der Waals surface area contributed by atoms with E-state index >= 15 is 0 Å². The van der Waals surface area contributed by atoms with Crippen LogP contribution in [0.15, 0.2) is 6.07 Å². The minimum absolute atomic E-state index is 0.0385. The van der Waals surface area contributed by atoms with E-state index < -0.39 is 0 Å². The van der Waals surface area contributed by atoms with Crippen LogP contribution in [0.5, 0.6) is 11.8 Å². The summed E-state index contributed by atoms with van der Waals surface area (Å²) in [7, 11) is 2.96. The Kier molecular flexibility index (Phi) is 5.07. The van der Waals surface area contributed by atoms with Gasteiger partial charge in [0.05, 0.1) is 19.1 Å². The predicted molar refractivity (Wildman–Crippen MR) is 83.9 cm³/mol. The molecular weight excluding hydrogens is 304 g/mol. The fraction of sp³-hybridized carbons (Fsp3) is 0.467. The van der Waals surface area contributed by atoms with Gasteiger partial charge >= 0.3 is 0 Å². The number of methoxy groups -OCH3 is 2. The molecule has 6 nitrogen and oxygen atoms in total. The molecule has 2 rings (SSSR count). The van der Waals surface area contributed by atoms with E-state index in [0.717, 1.165) is 0 Å². The molecule has 2 heterocycles. The van der Waals surface area contributed by atoms with Crippen molar-refractivity contribution in [3.8, 4) is 11.8 Å². The standard InChI is InChI=1S/C15H18N2O4S/c1-5-9(8(2)18)6-11(19)12-7-10-15(22-12)17-14(21-4)13(16-10)20-3/h7,9H,5-6H2,1-4H3. The fourth-order valence-electron chi connectivity index (χ4n) is 2.13. The minimum atomic E-state index is -0.234. The molecule has 0 spiro atoms. The molecule has 0 radical (unpaired) electrons. The molecule has 0 aliphatic carbocycles. The Hall–Kier alpha value is -2.02. The second kappa shape index (κ2) is 6.83. The molecule has 0 aliphatic heterocycles. The molecule has 0 bridgehead atoms. The summed E-state index contributed by atoms with van der Waals surface area (Å²) in [6.07, 6.45) is 0.872. The lowest BCUT2D eigenvalue weighted by atomic mass is 9.95. The first-order valence-electron chi connectivity index (χ1n) is 6.93. The average molecular weight is 322 g/mol. The van der Waals surface area contributed by atoms with E-state index in [0.29, 0.717) is 21.6 Å². The number of carbonyl (C=O) groups is 2. The van der Waals surface area contributed by atoms with Gasteiger partial charge in [-0.2, -0.15) is 4.98 Å². The zero-order valence-electron chi connectivity index (χ0n) is 13.0. The summed E-state index contributed by atoms with van der Waals surface area (Å²) in [5.41, 5.74) is 0.585. The molecule has 2 aromatic heterocycles. The number of thiophene rings is 1. The highest BCUT2D eigenvalue weighted by Gasteiger charge is 2.21. The second-order valence-electron chi connectivity index (χ2n) is 4.89. The Morgan fingerprint density at radius 1 is 1.23 bits per heavy atom. The van der Waals surface area contributed by atoms with Crippen LogP contribution in [0.1, 0.15) is 36.4 Å². The topological polar surface area (TPSA) is 78.4 Å². The van der Waals surface area contributed by atoms with Crippen LogP contribution in [0.25, 0.3) is 10.3 Å². The normalized spacial score (nSPS) is 12.2. The molecule has 0 saturated carbocycles. The lowest BCUT2D eigenvalue weighted by molar-refractivity contribution is -0.120. The van der Waals surface area contributed by atoms with Crippen molar-refractivity contribution in [2.24, 2.45) is 5.92 Å².